The zero-order chi connectivity index (χ0) is 11.6. The van der Waals surface area contributed by atoms with Crippen LogP contribution in [-0.2, 0) is 16.7 Å². The number of rotatable bonds is 4. The zero-order valence-electron chi connectivity index (χ0n) is 7.58. The molecule has 15 heavy (non-hydrogen) atoms. The predicted octanol–water partition coefficient (Wildman–Crippen LogP) is 1.52. The van der Waals surface area contributed by atoms with Gasteiger partial charge < -0.3 is 5.11 Å². The highest BCUT2D eigenvalue weighted by Gasteiger charge is 2.12. The molecule has 1 rings (SSSR count). The fourth-order valence-corrected chi connectivity index (χ4v) is 2.57. The Hall–Kier alpha value is -0.700. The van der Waals surface area contributed by atoms with E-state index in [4.69, 9.17) is 16.8 Å². The van der Waals surface area contributed by atoms with Gasteiger partial charge in [-0.15, -0.1) is 11.3 Å². The average Bonchev–Trinajstić information content (AvgIpc) is 2.37. The first-order valence-corrected chi connectivity index (χ1v) is 6.68. The second kappa shape index (κ2) is 4.44. The Morgan fingerprint density at radius 2 is 2.20 bits per heavy atom. The summed E-state index contributed by atoms with van der Waals surface area (Å²) >= 11 is 6.04. The van der Waals surface area contributed by atoms with E-state index in [0.29, 0.717) is 8.83 Å². The summed E-state index contributed by atoms with van der Waals surface area (Å²) < 4.78 is 31.2. The molecular weight excluding hydrogens is 258 g/mol. The van der Waals surface area contributed by atoms with Crippen molar-refractivity contribution in [3.63, 3.8) is 0 Å². The van der Waals surface area contributed by atoms with E-state index in [1.54, 1.807) is 0 Å². The van der Waals surface area contributed by atoms with Crippen molar-refractivity contribution in [1.82, 2.24) is 4.57 Å². The van der Waals surface area contributed by atoms with E-state index in [0.717, 1.165) is 11.3 Å². The van der Waals surface area contributed by atoms with Crippen molar-refractivity contribution < 1.29 is 18.1 Å². The molecule has 1 heterocycles. The van der Waals surface area contributed by atoms with Gasteiger partial charge in [0.25, 0.3) is 10.1 Å². The molecule has 1 aromatic rings. The number of thiazole rings is 1. The molecule has 0 spiro atoms. The van der Waals surface area contributed by atoms with Crippen LogP contribution in [0.15, 0.2) is 6.58 Å². The van der Waals surface area contributed by atoms with E-state index in [9.17, 15) is 13.5 Å². The minimum atomic E-state index is -4.05. The standard InChI is InChI=1S/C7H9NO4S3/c1-2-5-6(9)8(7(13)14-5)3-4-15(10,11)12/h2,9H,1,3-4H2,(H,10,11,12). The van der Waals surface area contributed by atoms with Gasteiger partial charge >= 0.3 is 0 Å². The minimum absolute atomic E-state index is 0.0756. The molecule has 0 saturated heterocycles. The molecule has 8 heteroatoms. The Bertz CT molecular complexity index is 525. The van der Waals surface area contributed by atoms with E-state index in [-0.39, 0.29) is 12.4 Å². The van der Waals surface area contributed by atoms with Gasteiger partial charge in [-0.3, -0.25) is 9.12 Å². The van der Waals surface area contributed by atoms with Crippen LogP contribution in [0, 0.1) is 3.95 Å². The number of aromatic nitrogens is 1. The largest absolute Gasteiger partial charge is 0.493 e. The third-order valence-corrected chi connectivity index (χ3v) is 3.78. The maximum Gasteiger partial charge on any atom is 0.266 e. The van der Waals surface area contributed by atoms with Crippen LogP contribution in [0.3, 0.4) is 0 Å². The molecule has 0 aliphatic carbocycles. The molecule has 0 aliphatic rings. The lowest BCUT2D eigenvalue weighted by Gasteiger charge is -2.02. The monoisotopic (exact) mass is 267 g/mol. The van der Waals surface area contributed by atoms with Gasteiger partial charge in [0.1, 0.15) is 0 Å². The maximum absolute atomic E-state index is 10.5. The number of hydrogen-bond acceptors (Lipinski definition) is 5. The van der Waals surface area contributed by atoms with E-state index in [1.807, 2.05) is 0 Å². The van der Waals surface area contributed by atoms with Gasteiger partial charge in [-0.2, -0.15) is 8.42 Å². The highest BCUT2D eigenvalue weighted by molar-refractivity contribution is 7.85. The Morgan fingerprint density at radius 3 is 2.60 bits per heavy atom. The van der Waals surface area contributed by atoms with E-state index >= 15 is 0 Å². The van der Waals surface area contributed by atoms with Crippen molar-refractivity contribution in [3.05, 3.63) is 15.4 Å². The molecule has 0 atom stereocenters. The molecule has 1 aromatic heterocycles. The Kier molecular flexibility index (Phi) is 3.66. The SMILES string of the molecule is C=Cc1sc(=S)n(CCS(=O)(=O)O)c1O. The van der Waals surface area contributed by atoms with Gasteiger partial charge in [0.15, 0.2) is 3.95 Å². The summed E-state index contributed by atoms with van der Waals surface area (Å²) in [5.41, 5.74) is 0. The van der Waals surface area contributed by atoms with Crippen LogP contribution >= 0.6 is 23.6 Å². The third-order valence-electron chi connectivity index (χ3n) is 1.65. The molecule has 0 amide bonds. The Balaban J connectivity index is 3.01. The topological polar surface area (TPSA) is 79.5 Å². The summed E-state index contributed by atoms with van der Waals surface area (Å²) in [5.74, 6) is -0.606. The van der Waals surface area contributed by atoms with Crippen LogP contribution in [0.2, 0.25) is 0 Å². The van der Waals surface area contributed by atoms with Gasteiger partial charge in [0.2, 0.25) is 5.88 Å². The minimum Gasteiger partial charge on any atom is -0.493 e. The average molecular weight is 267 g/mol. The van der Waals surface area contributed by atoms with Crippen LogP contribution < -0.4 is 0 Å². The lowest BCUT2D eigenvalue weighted by Crippen LogP contribution is -2.11. The number of aromatic hydroxyl groups is 1. The molecule has 0 aromatic carbocycles. The normalized spacial score (nSPS) is 11.5. The van der Waals surface area contributed by atoms with Crippen molar-refractivity contribution >= 4 is 39.7 Å². The van der Waals surface area contributed by atoms with Crippen molar-refractivity contribution in [3.8, 4) is 5.88 Å². The molecule has 2 N–H and O–H groups in total. The highest BCUT2D eigenvalue weighted by Crippen LogP contribution is 2.26. The summed E-state index contributed by atoms with van der Waals surface area (Å²) in [4.78, 5) is 0.482. The molecule has 0 aliphatic heterocycles. The van der Waals surface area contributed by atoms with Gasteiger partial charge in [-0.1, -0.05) is 6.58 Å². The molecule has 84 valence electrons. The van der Waals surface area contributed by atoms with Crippen molar-refractivity contribution in [2.75, 3.05) is 5.75 Å². The molecular formula is C7H9NO4S3. The smallest absolute Gasteiger partial charge is 0.266 e. The fourth-order valence-electron chi connectivity index (χ4n) is 0.951. The van der Waals surface area contributed by atoms with E-state index in [2.05, 4.69) is 6.58 Å². The lowest BCUT2D eigenvalue weighted by molar-refractivity contribution is 0.416. The Morgan fingerprint density at radius 1 is 1.60 bits per heavy atom. The predicted molar refractivity (Wildman–Crippen MR) is 61.3 cm³/mol. The first-order chi connectivity index (χ1) is 6.85. The summed E-state index contributed by atoms with van der Waals surface area (Å²) in [7, 11) is -4.05. The van der Waals surface area contributed by atoms with Gasteiger partial charge in [0.05, 0.1) is 10.6 Å². The van der Waals surface area contributed by atoms with Crippen molar-refractivity contribution in [2.45, 2.75) is 6.54 Å². The highest BCUT2D eigenvalue weighted by atomic mass is 32.2. The summed E-state index contributed by atoms with van der Waals surface area (Å²) in [6, 6.07) is 0. The van der Waals surface area contributed by atoms with Crippen LogP contribution in [0.4, 0.5) is 0 Å². The summed E-state index contributed by atoms with van der Waals surface area (Å²) in [6.07, 6.45) is 1.43. The van der Waals surface area contributed by atoms with Crippen molar-refractivity contribution in [1.29, 1.82) is 0 Å². The van der Waals surface area contributed by atoms with Gasteiger partial charge in [0, 0.05) is 6.54 Å². The van der Waals surface area contributed by atoms with E-state index in [1.165, 1.54) is 10.6 Å². The number of nitrogens with zero attached hydrogens (tertiary/aromatic N) is 1. The van der Waals surface area contributed by atoms with Crippen LogP contribution in [-0.4, -0.2) is 28.4 Å². The molecule has 0 saturated carbocycles. The number of hydrogen-bond donors (Lipinski definition) is 2. The molecule has 5 nitrogen and oxygen atoms in total. The van der Waals surface area contributed by atoms with Gasteiger partial charge in [-0.25, -0.2) is 0 Å². The van der Waals surface area contributed by atoms with Crippen molar-refractivity contribution in [2.24, 2.45) is 0 Å². The Labute approximate surface area is 96.1 Å². The summed E-state index contributed by atoms with van der Waals surface area (Å²) in [5, 5.41) is 9.57. The molecule has 0 unspecified atom stereocenters. The molecule has 0 radical (unpaired) electrons. The first kappa shape index (κ1) is 12.4. The molecule has 0 bridgehead atoms. The first-order valence-electron chi connectivity index (χ1n) is 3.85. The second-order valence-corrected chi connectivity index (χ2v) is 5.95. The van der Waals surface area contributed by atoms with Crippen LogP contribution in [0.25, 0.3) is 6.08 Å². The lowest BCUT2D eigenvalue weighted by atomic mass is 10.5. The van der Waals surface area contributed by atoms with Gasteiger partial charge in [-0.05, 0) is 18.3 Å². The second-order valence-electron chi connectivity index (χ2n) is 2.70. The van der Waals surface area contributed by atoms with Crippen LogP contribution in [0.5, 0.6) is 5.88 Å². The van der Waals surface area contributed by atoms with Crippen LogP contribution in [0.1, 0.15) is 4.88 Å². The maximum atomic E-state index is 10.5. The third kappa shape index (κ3) is 3.13. The molecule has 0 fully saturated rings. The quantitative estimate of drug-likeness (QED) is 0.638. The zero-order valence-corrected chi connectivity index (χ0v) is 10.0. The summed E-state index contributed by atoms with van der Waals surface area (Å²) in [6.45, 7) is 3.40. The fraction of sp³-hybridized carbons (Fsp3) is 0.286. The van der Waals surface area contributed by atoms with E-state index < -0.39 is 15.9 Å².